The van der Waals surface area contributed by atoms with Crippen LogP contribution in [0.1, 0.15) is 0 Å². The first-order valence-electron chi connectivity index (χ1n) is 6.37. The number of nitrogens with zero attached hydrogens (tertiary/aromatic N) is 3. The third kappa shape index (κ3) is 5.24. The van der Waals surface area contributed by atoms with Crippen LogP contribution in [-0.4, -0.2) is 63.5 Å². The molecule has 0 N–H and O–H groups in total. The van der Waals surface area contributed by atoms with Gasteiger partial charge in [0.25, 0.3) is 0 Å². The van der Waals surface area contributed by atoms with Crippen molar-refractivity contribution in [3.8, 4) is 0 Å². The Morgan fingerprint density at radius 2 is 1.31 bits per heavy atom. The van der Waals surface area contributed by atoms with E-state index >= 15 is 0 Å². The quantitative estimate of drug-likeness (QED) is 0.287. The SMILES string of the molecule is [Li][SiH](C)[SiH](C)[SiH](C)[SiH](C)[SiH](C)[SiH](C)N=[N+]=[N-]. The normalized spacial score (nSPS) is 22.5. The average molecular weight is 314 g/mol. The molecule has 3 nitrogen and oxygen atoms in total. The molecule has 16 heavy (non-hydrogen) atoms. The number of hydrogen-bond acceptors (Lipinski definition) is 1. The number of rotatable bonds is 6. The fourth-order valence-electron chi connectivity index (χ4n) is 2.19. The molecule has 0 amide bonds. The van der Waals surface area contributed by atoms with Gasteiger partial charge in [-0.2, -0.15) is 0 Å². The number of hydrogen-bond donors (Lipinski definition) is 0. The molecule has 88 valence electrons. The summed E-state index contributed by atoms with van der Waals surface area (Å²) in [6.07, 6.45) is 0. The van der Waals surface area contributed by atoms with Gasteiger partial charge in [0.15, 0.2) is 0 Å². The number of azide groups is 1. The zero-order chi connectivity index (χ0) is 12.9. The zero-order valence-corrected chi connectivity index (χ0v) is 18.7. The molecule has 0 saturated carbocycles. The summed E-state index contributed by atoms with van der Waals surface area (Å²) >= 11 is 2.56. The first kappa shape index (κ1) is 17.2. The molecule has 0 rings (SSSR count). The zero-order valence-electron chi connectivity index (χ0n) is 11.8. The summed E-state index contributed by atoms with van der Waals surface area (Å²) in [5, 5.41) is 0. The van der Waals surface area contributed by atoms with Crippen LogP contribution in [0.5, 0.6) is 0 Å². The molecule has 0 bridgehead atoms. The van der Waals surface area contributed by atoms with Crippen molar-refractivity contribution in [1.29, 1.82) is 0 Å². The van der Waals surface area contributed by atoms with Crippen molar-refractivity contribution in [2.75, 3.05) is 0 Å². The predicted molar refractivity (Wildman–Crippen MR) is 93.0 cm³/mol. The van der Waals surface area contributed by atoms with Crippen molar-refractivity contribution in [3.05, 3.63) is 10.4 Å². The molecule has 0 heterocycles. The van der Waals surface area contributed by atoms with E-state index in [9.17, 15) is 0 Å². The van der Waals surface area contributed by atoms with Gasteiger partial charge in [-0.05, 0) is 0 Å². The van der Waals surface area contributed by atoms with Crippen LogP contribution in [0.3, 0.4) is 0 Å². The summed E-state index contributed by atoms with van der Waals surface area (Å²) in [5.74, 6) is 0. The Morgan fingerprint density at radius 3 is 1.69 bits per heavy atom. The maximum absolute atomic E-state index is 8.56. The third-order valence-corrected chi connectivity index (χ3v) is 96.5. The van der Waals surface area contributed by atoms with E-state index in [1.54, 1.807) is 0 Å². The van der Waals surface area contributed by atoms with E-state index in [0.717, 1.165) is 0 Å². The fraction of sp³-hybridized carbons (Fsp3) is 1.00. The maximum atomic E-state index is 8.56. The van der Waals surface area contributed by atoms with Crippen molar-refractivity contribution in [2.45, 2.75) is 39.3 Å². The molecule has 0 aliphatic carbocycles. The minimum atomic E-state index is -1.00. The van der Waals surface area contributed by atoms with Gasteiger partial charge in [0.2, 0.25) is 0 Å². The van der Waals surface area contributed by atoms with Crippen LogP contribution in [0.15, 0.2) is 4.78 Å². The Labute approximate surface area is 117 Å². The second-order valence-corrected chi connectivity index (χ2v) is 58.1. The summed E-state index contributed by atoms with van der Waals surface area (Å²) in [4.78, 5) is 3.06. The van der Waals surface area contributed by atoms with Crippen LogP contribution in [0.4, 0.5) is 0 Å². The predicted octanol–water partition coefficient (Wildman–Crippen LogP) is -0.00800. The van der Waals surface area contributed by atoms with Gasteiger partial charge in [0.1, 0.15) is 0 Å². The summed E-state index contributed by atoms with van der Waals surface area (Å²) < 4.78 is 4.10. The van der Waals surface area contributed by atoms with Crippen LogP contribution >= 0.6 is 0 Å². The molecule has 6 unspecified atom stereocenters. The molecular weight excluding hydrogens is 290 g/mol. The van der Waals surface area contributed by atoms with Gasteiger partial charge in [-0.1, -0.05) is 0 Å². The molecule has 0 aliphatic heterocycles. The molecule has 6 atom stereocenters. The summed E-state index contributed by atoms with van der Waals surface area (Å²) in [5.41, 5.74) is 8.56. The molecule has 0 fully saturated rings. The van der Waals surface area contributed by atoms with E-state index in [1.807, 2.05) is 0 Å². The van der Waals surface area contributed by atoms with Crippen LogP contribution < -0.4 is 0 Å². The second-order valence-electron chi connectivity index (χ2n) is 5.63. The second kappa shape index (κ2) is 8.33. The molecule has 0 spiro atoms. The van der Waals surface area contributed by atoms with Gasteiger partial charge in [-0.3, -0.25) is 0 Å². The van der Waals surface area contributed by atoms with E-state index in [-0.39, 0.29) is 22.3 Å². The molecular formula is C6H24LiN3Si6. The van der Waals surface area contributed by atoms with E-state index in [2.05, 4.69) is 66.0 Å². The van der Waals surface area contributed by atoms with Gasteiger partial charge in [0, 0.05) is 0 Å². The van der Waals surface area contributed by atoms with Crippen molar-refractivity contribution in [1.82, 2.24) is 0 Å². The van der Waals surface area contributed by atoms with Crippen LogP contribution in [0, 0.1) is 0 Å². The van der Waals surface area contributed by atoms with Crippen LogP contribution in [0.2, 0.25) is 39.3 Å². The fourth-order valence-corrected chi connectivity index (χ4v) is 129. The molecule has 0 aliphatic rings. The Hall–Kier alpha value is 1.21. The van der Waals surface area contributed by atoms with Crippen LogP contribution in [-0.2, 0) is 0 Å². The first-order chi connectivity index (χ1) is 7.32. The summed E-state index contributed by atoms with van der Waals surface area (Å²) in [6, 6.07) is 0. The summed E-state index contributed by atoms with van der Waals surface area (Å²) in [7, 11) is -2.63. The molecule has 0 aromatic rings. The topological polar surface area (TPSA) is 48.8 Å². The monoisotopic (exact) mass is 313 g/mol. The van der Waals surface area contributed by atoms with Gasteiger partial charge >= 0.3 is 118 Å². The Balaban J connectivity index is 4.53. The summed E-state index contributed by atoms with van der Waals surface area (Å²) in [6.45, 7) is 15.0. The molecule has 10 heteroatoms. The molecule has 0 radical (unpaired) electrons. The van der Waals surface area contributed by atoms with Crippen molar-refractivity contribution >= 4 is 63.5 Å². The molecule has 0 saturated heterocycles. The van der Waals surface area contributed by atoms with E-state index in [1.165, 1.54) is 0 Å². The van der Waals surface area contributed by atoms with Crippen molar-refractivity contribution < 1.29 is 0 Å². The van der Waals surface area contributed by atoms with Crippen LogP contribution in [0.25, 0.3) is 10.4 Å². The van der Waals surface area contributed by atoms with Gasteiger partial charge in [-0.25, -0.2) is 0 Å². The van der Waals surface area contributed by atoms with Gasteiger partial charge in [-0.15, -0.1) is 0 Å². The standard InChI is InChI=1S/C6H24N3Si6.Li/c1-10-12(3)14(5)15(6)13(4)11(2)9-8-7;/h10-15H,1-6H3;. The van der Waals surface area contributed by atoms with E-state index < -0.39 is 24.1 Å². The van der Waals surface area contributed by atoms with Gasteiger partial charge in [0.05, 0.1) is 0 Å². The Bertz CT molecular complexity index is 261. The van der Waals surface area contributed by atoms with Crippen molar-refractivity contribution in [3.63, 3.8) is 0 Å². The minimum absolute atomic E-state index is 0.283. The van der Waals surface area contributed by atoms with E-state index in [4.69, 9.17) is 5.53 Å². The van der Waals surface area contributed by atoms with Crippen molar-refractivity contribution in [2.24, 2.45) is 4.78 Å². The molecule has 0 aromatic heterocycles. The van der Waals surface area contributed by atoms with E-state index in [0.29, 0.717) is 0 Å². The average Bonchev–Trinajstić information content (AvgIpc) is 2.25. The Morgan fingerprint density at radius 1 is 0.875 bits per heavy atom. The first-order valence-corrected chi connectivity index (χ1v) is 28.3. The third-order valence-electron chi connectivity index (χ3n) is 4.53. The van der Waals surface area contributed by atoms with Gasteiger partial charge < -0.3 is 0 Å². The molecule has 0 aromatic carbocycles. The Kier molecular flexibility index (Phi) is 8.96.